The number of nitrogens with zero attached hydrogens (tertiary/aromatic N) is 4. The van der Waals surface area contributed by atoms with Crippen LogP contribution in [0, 0.1) is 0 Å². The third-order valence-electron chi connectivity index (χ3n) is 4.59. The van der Waals surface area contributed by atoms with Crippen LogP contribution in [0.1, 0.15) is 20.7 Å². The number of rotatable bonds is 4. The van der Waals surface area contributed by atoms with Crippen LogP contribution in [0.3, 0.4) is 0 Å². The lowest BCUT2D eigenvalue weighted by atomic mass is 9.91. The number of methoxy groups -OCH3 is 1. The molecule has 11 heteroatoms. The van der Waals surface area contributed by atoms with Crippen LogP contribution < -0.4 is 0 Å². The van der Waals surface area contributed by atoms with Crippen molar-refractivity contribution in [2.75, 3.05) is 13.7 Å². The monoisotopic (exact) mass is 376 g/mol. The Morgan fingerprint density at radius 2 is 1.85 bits per heavy atom. The molecule has 0 radical (unpaired) electrons. The van der Waals surface area contributed by atoms with Crippen molar-refractivity contribution in [1.29, 1.82) is 0 Å². The van der Waals surface area contributed by atoms with E-state index in [0.717, 1.165) is 7.11 Å². The van der Waals surface area contributed by atoms with E-state index in [4.69, 9.17) is 10.3 Å². The number of hydrogen-bond acceptors (Lipinski definition) is 8. The first-order chi connectivity index (χ1) is 12.9. The number of hydrogen-bond donors (Lipinski definition) is 2. The zero-order chi connectivity index (χ0) is 19.7. The minimum absolute atomic E-state index is 0.115. The van der Waals surface area contributed by atoms with Crippen molar-refractivity contribution in [3.05, 3.63) is 45.8 Å². The van der Waals surface area contributed by atoms with Gasteiger partial charge in [0.05, 0.1) is 30.9 Å². The lowest BCUT2D eigenvalue weighted by molar-refractivity contribution is -0.207. The summed E-state index contributed by atoms with van der Waals surface area (Å²) in [7, 11) is 1.07. The molecule has 0 unspecified atom stereocenters. The first kappa shape index (κ1) is 18.8. The number of aliphatic hydroxyl groups is 2. The fourth-order valence-electron chi connectivity index (χ4n) is 3.30. The molecule has 2 amide bonds. The summed E-state index contributed by atoms with van der Waals surface area (Å²) in [6.07, 6.45) is -6.10. The second-order valence-corrected chi connectivity index (χ2v) is 6.03. The highest BCUT2D eigenvalue weighted by Crippen LogP contribution is 2.32. The van der Waals surface area contributed by atoms with Gasteiger partial charge in [0.1, 0.15) is 18.2 Å². The maximum absolute atomic E-state index is 12.7. The van der Waals surface area contributed by atoms with E-state index in [1.165, 1.54) is 12.1 Å². The van der Waals surface area contributed by atoms with Crippen molar-refractivity contribution in [3.8, 4) is 0 Å². The molecule has 0 aliphatic carbocycles. The van der Waals surface area contributed by atoms with Crippen LogP contribution in [-0.2, 0) is 14.3 Å². The summed E-state index contributed by atoms with van der Waals surface area (Å²) < 4.78 is 10.1. The van der Waals surface area contributed by atoms with Crippen molar-refractivity contribution in [2.24, 2.45) is 5.11 Å². The predicted molar refractivity (Wildman–Crippen MR) is 87.4 cm³/mol. The molecule has 0 aromatic heterocycles. The summed E-state index contributed by atoms with van der Waals surface area (Å²) in [5, 5.41) is 24.1. The minimum atomic E-state index is -1.72. The molecule has 2 N–H and O–H groups in total. The molecule has 0 saturated carbocycles. The van der Waals surface area contributed by atoms with Gasteiger partial charge in [-0.3, -0.25) is 14.5 Å². The first-order valence-electron chi connectivity index (χ1n) is 7.99. The minimum Gasteiger partial charge on any atom is -0.467 e. The Hall–Kier alpha value is -2.98. The number of azide groups is 1. The second kappa shape index (κ2) is 7.33. The predicted octanol–water partition coefficient (Wildman–Crippen LogP) is -0.376. The standard InChI is InChI=1S/C16H16N4O7/c1-26-16(25)13-10(12(22)11(21)9(27-13)6-18-19-17)20-14(23)7-4-2-3-5-8(7)15(20)24/h2-5,9-13,21-22H,6H2,1H3/t9-,10-,11-,12-,13-/m1/s1. The number of aliphatic hydroxyl groups excluding tert-OH is 2. The lowest BCUT2D eigenvalue weighted by Gasteiger charge is -2.44. The van der Waals surface area contributed by atoms with Gasteiger partial charge in [-0.2, -0.15) is 0 Å². The van der Waals surface area contributed by atoms with E-state index < -0.39 is 48.2 Å². The Morgan fingerprint density at radius 3 is 2.37 bits per heavy atom. The number of esters is 1. The van der Waals surface area contributed by atoms with Gasteiger partial charge < -0.3 is 19.7 Å². The van der Waals surface area contributed by atoms with E-state index >= 15 is 0 Å². The second-order valence-electron chi connectivity index (χ2n) is 6.03. The summed E-state index contributed by atoms with van der Waals surface area (Å²) in [4.78, 5) is 40.9. The normalized spacial score (nSPS) is 29.9. The van der Waals surface area contributed by atoms with Crippen LogP contribution >= 0.6 is 0 Å². The molecule has 2 aliphatic rings. The highest BCUT2D eigenvalue weighted by Gasteiger charge is 2.55. The molecule has 3 rings (SSSR count). The van der Waals surface area contributed by atoms with Crippen molar-refractivity contribution < 1.29 is 34.1 Å². The maximum Gasteiger partial charge on any atom is 0.337 e. The molecule has 1 saturated heterocycles. The number of carbonyl (C=O) groups excluding carboxylic acids is 3. The quantitative estimate of drug-likeness (QED) is 0.238. The average Bonchev–Trinajstić information content (AvgIpc) is 2.93. The van der Waals surface area contributed by atoms with Crippen LogP contribution in [0.4, 0.5) is 0 Å². The molecule has 27 heavy (non-hydrogen) atoms. The van der Waals surface area contributed by atoms with E-state index in [9.17, 15) is 24.6 Å². The third kappa shape index (κ3) is 3.02. The van der Waals surface area contributed by atoms with Gasteiger partial charge in [0.15, 0.2) is 6.10 Å². The zero-order valence-electron chi connectivity index (χ0n) is 14.1. The van der Waals surface area contributed by atoms with Crippen molar-refractivity contribution in [1.82, 2.24) is 4.90 Å². The molecule has 2 heterocycles. The third-order valence-corrected chi connectivity index (χ3v) is 4.59. The summed E-state index contributed by atoms with van der Waals surface area (Å²) in [5.74, 6) is -2.40. The Kier molecular flexibility index (Phi) is 5.10. The van der Waals surface area contributed by atoms with E-state index in [1.807, 2.05) is 0 Å². The highest BCUT2D eigenvalue weighted by molar-refractivity contribution is 6.21. The number of ether oxygens (including phenoxy) is 2. The molecule has 142 valence electrons. The first-order valence-corrected chi connectivity index (χ1v) is 7.99. The molecule has 0 bridgehead atoms. The summed E-state index contributed by atoms with van der Waals surface area (Å²) in [6, 6.07) is 4.52. The van der Waals surface area contributed by atoms with E-state index in [0.29, 0.717) is 4.90 Å². The molecular weight excluding hydrogens is 360 g/mol. The smallest absolute Gasteiger partial charge is 0.337 e. The number of carbonyl (C=O) groups is 3. The summed E-state index contributed by atoms with van der Waals surface area (Å²) in [6.45, 7) is -0.364. The van der Waals surface area contributed by atoms with Gasteiger partial charge in [-0.05, 0) is 17.7 Å². The van der Waals surface area contributed by atoms with Crippen LogP contribution in [0.15, 0.2) is 29.4 Å². The van der Waals surface area contributed by atoms with Crippen molar-refractivity contribution in [3.63, 3.8) is 0 Å². The van der Waals surface area contributed by atoms with Crippen LogP contribution in [0.5, 0.6) is 0 Å². The zero-order valence-corrected chi connectivity index (χ0v) is 14.1. The van der Waals surface area contributed by atoms with Gasteiger partial charge in [-0.15, -0.1) is 0 Å². The number of fused-ring (bicyclic) bond motifs is 1. The molecular formula is C16H16N4O7. The molecule has 5 atom stereocenters. The van der Waals surface area contributed by atoms with E-state index in [-0.39, 0.29) is 17.7 Å². The van der Waals surface area contributed by atoms with Crippen LogP contribution in [-0.4, -0.2) is 77.0 Å². The lowest BCUT2D eigenvalue weighted by Crippen LogP contribution is -2.67. The molecule has 1 aromatic carbocycles. The average molecular weight is 376 g/mol. The van der Waals surface area contributed by atoms with Gasteiger partial charge in [0.2, 0.25) is 0 Å². The van der Waals surface area contributed by atoms with Crippen LogP contribution in [0.2, 0.25) is 0 Å². The van der Waals surface area contributed by atoms with E-state index in [2.05, 4.69) is 14.8 Å². The van der Waals surface area contributed by atoms with Gasteiger partial charge in [0, 0.05) is 4.91 Å². The Bertz CT molecular complexity index is 803. The Morgan fingerprint density at radius 1 is 1.26 bits per heavy atom. The number of imide groups is 1. The van der Waals surface area contributed by atoms with E-state index in [1.54, 1.807) is 12.1 Å². The molecule has 1 aromatic rings. The molecule has 2 aliphatic heterocycles. The van der Waals surface area contributed by atoms with Crippen molar-refractivity contribution in [2.45, 2.75) is 30.5 Å². The topological polar surface area (TPSA) is 162 Å². The fourth-order valence-corrected chi connectivity index (χ4v) is 3.30. The summed E-state index contributed by atoms with van der Waals surface area (Å²) >= 11 is 0. The number of amides is 2. The molecule has 0 spiro atoms. The van der Waals surface area contributed by atoms with Gasteiger partial charge >= 0.3 is 5.97 Å². The van der Waals surface area contributed by atoms with Gasteiger partial charge in [0.25, 0.3) is 11.8 Å². The number of benzene rings is 1. The van der Waals surface area contributed by atoms with Gasteiger partial charge in [-0.25, -0.2) is 4.79 Å². The molecule has 1 fully saturated rings. The highest BCUT2D eigenvalue weighted by atomic mass is 16.6. The fraction of sp³-hybridized carbons (Fsp3) is 0.438. The summed E-state index contributed by atoms with van der Waals surface area (Å²) in [5.41, 5.74) is 8.66. The largest absolute Gasteiger partial charge is 0.467 e. The molecule has 11 nitrogen and oxygen atoms in total. The maximum atomic E-state index is 12.7. The van der Waals surface area contributed by atoms with Gasteiger partial charge in [-0.1, -0.05) is 17.2 Å². The van der Waals surface area contributed by atoms with Crippen LogP contribution in [0.25, 0.3) is 10.4 Å². The Balaban J connectivity index is 2.00. The Labute approximate surface area is 152 Å². The SMILES string of the molecule is COC(=O)[C@@H]1O[C@H](CN=[N+]=[N-])[C@@H](O)[C@H](O)[C@H]1N1C(=O)c2ccccc2C1=O. The van der Waals surface area contributed by atoms with Crippen molar-refractivity contribution >= 4 is 17.8 Å².